The molecular weight excluding hydrogens is 254 g/mol. The van der Waals surface area contributed by atoms with Crippen molar-refractivity contribution in [2.45, 2.75) is 39.3 Å². The first kappa shape index (κ1) is 16.7. The zero-order chi connectivity index (χ0) is 15.1. The van der Waals surface area contributed by atoms with Gasteiger partial charge in [0.25, 0.3) is 5.91 Å². The van der Waals surface area contributed by atoms with E-state index in [0.29, 0.717) is 12.1 Å². The van der Waals surface area contributed by atoms with E-state index in [-0.39, 0.29) is 11.9 Å². The number of hydrogen-bond acceptors (Lipinski definition) is 4. The topological polar surface area (TPSA) is 76.2 Å². The summed E-state index contributed by atoms with van der Waals surface area (Å²) in [6, 6.07) is 0.150. The van der Waals surface area contributed by atoms with Gasteiger partial charge in [-0.1, -0.05) is 0 Å². The van der Waals surface area contributed by atoms with Crippen LogP contribution in [-0.4, -0.2) is 53.8 Å². The minimum atomic E-state index is -0.0484. The summed E-state index contributed by atoms with van der Waals surface area (Å²) in [6.45, 7) is 6.28. The number of nitrogens with zero attached hydrogens (tertiary/aromatic N) is 3. The van der Waals surface area contributed by atoms with Crippen LogP contribution in [-0.2, 0) is 6.54 Å². The molecule has 0 radical (unpaired) electrons. The average molecular weight is 281 g/mol. The van der Waals surface area contributed by atoms with E-state index in [4.69, 9.17) is 5.73 Å². The molecule has 0 fully saturated rings. The molecule has 3 N–H and O–H groups in total. The number of nitrogens with two attached hydrogens (primary N) is 1. The summed E-state index contributed by atoms with van der Waals surface area (Å²) in [7, 11) is 4.06. The predicted molar refractivity (Wildman–Crippen MR) is 80.7 cm³/mol. The van der Waals surface area contributed by atoms with Gasteiger partial charge in [0.1, 0.15) is 0 Å². The maximum Gasteiger partial charge on any atom is 0.254 e. The number of aromatic nitrogens is 2. The standard InChI is InChI=1S/C14H27N5O/c1-11(6-9-18(3)4)17-14(20)13-10-16-19(12(13)2)8-5-7-15/h10-11H,5-9,15H2,1-4H3,(H,17,20). The molecule has 0 aliphatic carbocycles. The molecule has 20 heavy (non-hydrogen) atoms. The molecule has 1 heterocycles. The van der Waals surface area contributed by atoms with Crippen LogP contribution in [0.3, 0.4) is 0 Å². The number of hydrogen-bond donors (Lipinski definition) is 2. The van der Waals surface area contributed by atoms with E-state index in [0.717, 1.165) is 31.6 Å². The Balaban J connectivity index is 2.57. The summed E-state index contributed by atoms with van der Waals surface area (Å²) in [5.41, 5.74) is 7.04. The molecule has 0 saturated heterocycles. The fourth-order valence-corrected chi connectivity index (χ4v) is 1.96. The van der Waals surface area contributed by atoms with Crippen molar-refractivity contribution < 1.29 is 4.79 Å². The van der Waals surface area contributed by atoms with Gasteiger partial charge >= 0.3 is 0 Å². The highest BCUT2D eigenvalue weighted by Gasteiger charge is 2.15. The smallest absolute Gasteiger partial charge is 0.254 e. The fraction of sp³-hybridized carbons (Fsp3) is 0.714. The van der Waals surface area contributed by atoms with Crippen molar-refractivity contribution in [3.63, 3.8) is 0 Å². The molecule has 6 heteroatoms. The lowest BCUT2D eigenvalue weighted by atomic mass is 10.2. The number of nitrogens with one attached hydrogen (secondary N) is 1. The first-order valence-corrected chi connectivity index (χ1v) is 7.13. The molecule has 0 saturated carbocycles. The lowest BCUT2D eigenvalue weighted by Crippen LogP contribution is -2.35. The van der Waals surface area contributed by atoms with Gasteiger partial charge in [0, 0.05) is 18.3 Å². The minimum absolute atomic E-state index is 0.0484. The molecule has 1 aromatic heterocycles. The molecular formula is C14H27N5O. The molecule has 0 aliphatic rings. The molecule has 0 aliphatic heterocycles. The van der Waals surface area contributed by atoms with E-state index in [1.165, 1.54) is 0 Å². The largest absolute Gasteiger partial charge is 0.349 e. The fourth-order valence-electron chi connectivity index (χ4n) is 1.96. The van der Waals surface area contributed by atoms with Gasteiger partial charge in [-0.05, 0) is 53.9 Å². The van der Waals surface area contributed by atoms with Crippen molar-refractivity contribution in [2.24, 2.45) is 5.73 Å². The molecule has 1 amide bonds. The van der Waals surface area contributed by atoms with E-state index in [1.807, 2.05) is 32.6 Å². The van der Waals surface area contributed by atoms with Crippen molar-refractivity contribution in [1.29, 1.82) is 0 Å². The van der Waals surface area contributed by atoms with Crippen LogP contribution in [0.2, 0.25) is 0 Å². The number of amides is 1. The van der Waals surface area contributed by atoms with E-state index in [9.17, 15) is 4.79 Å². The second-order valence-electron chi connectivity index (χ2n) is 5.48. The van der Waals surface area contributed by atoms with Gasteiger partial charge in [-0.3, -0.25) is 9.48 Å². The Hall–Kier alpha value is -1.40. The zero-order valence-electron chi connectivity index (χ0n) is 13.0. The summed E-state index contributed by atoms with van der Waals surface area (Å²) in [4.78, 5) is 14.3. The lowest BCUT2D eigenvalue weighted by molar-refractivity contribution is 0.0936. The molecule has 0 spiro atoms. The first-order chi connectivity index (χ1) is 9.45. The van der Waals surface area contributed by atoms with Crippen LogP contribution in [0.5, 0.6) is 0 Å². The highest BCUT2D eigenvalue weighted by atomic mass is 16.1. The molecule has 1 aromatic rings. The molecule has 1 unspecified atom stereocenters. The molecule has 0 aromatic carbocycles. The van der Waals surface area contributed by atoms with Crippen molar-refractivity contribution in [3.8, 4) is 0 Å². The van der Waals surface area contributed by atoms with Gasteiger partial charge in [0.15, 0.2) is 0 Å². The molecule has 1 rings (SSSR count). The van der Waals surface area contributed by atoms with Crippen LogP contribution < -0.4 is 11.1 Å². The van der Waals surface area contributed by atoms with Gasteiger partial charge in [0.2, 0.25) is 0 Å². The summed E-state index contributed by atoms with van der Waals surface area (Å²) in [5.74, 6) is -0.0484. The van der Waals surface area contributed by atoms with Crippen molar-refractivity contribution in [2.75, 3.05) is 27.2 Å². The highest BCUT2D eigenvalue weighted by Crippen LogP contribution is 2.08. The van der Waals surface area contributed by atoms with Gasteiger partial charge < -0.3 is 16.0 Å². The third kappa shape index (κ3) is 4.94. The van der Waals surface area contributed by atoms with Gasteiger partial charge in [-0.2, -0.15) is 5.10 Å². The minimum Gasteiger partial charge on any atom is -0.349 e. The normalized spacial score (nSPS) is 12.7. The van der Waals surface area contributed by atoms with Crippen molar-refractivity contribution in [3.05, 3.63) is 17.5 Å². The molecule has 0 bridgehead atoms. The molecule has 1 atom stereocenters. The van der Waals surface area contributed by atoms with Crippen LogP contribution in [0.4, 0.5) is 0 Å². The second-order valence-corrected chi connectivity index (χ2v) is 5.48. The van der Waals surface area contributed by atoms with Crippen LogP contribution in [0, 0.1) is 6.92 Å². The van der Waals surface area contributed by atoms with Gasteiger partial charge in [-0.25, -0.2) is 0 Å². The average Bonchev–Trinajstić information content (AvgIpc) is 2.75. The van der Waals surface area contributed by atoms with Crippen molar-refractivity contribution in [1.82, 2.24) is 20.0 Å². The summed E-state index contributed by atoms with van der Waals surface area (Å²) >= 11 is 0. The third-order valence-corrected chi connectivity index (χ3v) is 3.31. The van der Waals surface area contributed by atoms with E-state index in [1.54, 1.807) is 6.20 Å². The summed E-state index contributed by atoms with van der Waals surface area (Å²) < 4.78 is 1.84. The third-order valence-electron chi connectivity index (χ3n) is 3.31. The van der Waals surface area contributed by atoms with Gasteiger partial charge in [-0.15, -0.1) is 0 Å². The monoisotopic (exact) mass is 281 g/mol. The SMILES string of the molecule is Cc1c(C(=O)NC(C)CCN(C)C)cnn1CCCN. The maximum absolute atomic E-state index is 12.2. The molecule has 6 nitrogen and oxygen atoms in total. The Kier molecular flexibility index (Phi) is 6.67. The Morgan fingerprint density at radius 2 is 2.25 bits per heavy atom. The van der Waals surface area contributed by atoms with E-state index < -0.39 is 0 Å². The number of carbonyl (C=O) groups excluding carboxylic acids is 1. The van der Waals surface area contributed by atoms with Crippen LogP contribution in [0.1, 0.15) is 35.8 Å². The van der Waals surface area contributed by atoms with E-state index in [2.05, 4.69) is 15.3 Å². The summed E-state index contributed by atoms with van der Waals surface area (Å²) in [6.07, 6.45) is 3.43. The van der Waals surface area contributed by atoms with Crippen LogP contribution >= 0.6 is 0 Å². The first-order valence-electron chi connectivity index (χ1n) is 7.13. The second kappa shape index (κ2) is 8.01. The number of carbonyl (C=O) groups is 1. The Morgan fingerprint density at radius 1 is 1.55 bits per heavy atom. The highest BCUT2D eigenvalue weighted by molar-refractivity contribution is 5.95. The van der Waals surface area contributed by atoms with Crippen molar-refractivity contribution >= 4 is 5.91 Å². The quantitative estimate of drug-likeness (QED) is 0.732. The predicted octanol–water partition coefficient (Wildman–Crippen LogP) is 0.610. The molecule has 114 valence electrons. The zero-order valence-corrected chi connectivity index (χ0v) is 13.0. The van der Waals surface area contributed by atoms with Crippen LogP contribution in [0.25, 0.3) is 0 Å². The lowest BCUT2D eigenvalue weighted by Gasteiger charge is -2.16. The van der Waals surface area contributed by atoms with Gasteiger partial charge in [0.05, 0.1) is 11.8 Å². The van der Waals surface area contributed by atoms with Crippen LogP contribution in [0.15, 0.2) is 6.20 Å². The number of rotatable bonds is 8. The number of aryl methyl sites for hydroxylation is 1. The maximum atomic E-state index is 12.2. The summed E-state index contributed by atoms with van der Waals surface area (Å²) in [5, 5.41) is 7.27. The Labute approximate surface area is 121 Å². The van der Waals surface area contributed by atoms with E-state index >= 15 is 0 Å². The Bertz CT molecular complexity index is 427. The Morgan fingerprint density at radius 3 is 2.85 bits per heavy atom.